The average Bonchev–Trinajstić information content (AvgIpc) is 2.21. The Bertz CT molecular complexity index is 276. The molecule has 0 aromatic heterocycles. The van der Waals surface area contributed by atoms with E-state index in [9.17, 15) is 14.7 Å². The van der Waals surface area contributed by atoms with Crippen molar-refractivity contribution in [2.75, 3.05) is 0 Å². The van der Waals surface area contributed by atoms with Crippen molar-refractivity contribution < 1.29 is 24.5 Å². The van der Waals surface area contributed by atoms with E-state index in [1.165, 1.54) is 0 Å². The Balaban J connectivity index is 2.37. The second-order valence-electron chi connectivity index (χ2n) is 4.62. The van der Waals surface area contributed by atoms with Gasteiger partial charge in [-0.2, -0.15) is 0 Å². The molecule has 0 aromatic rings. The topological polar surface area (TPSA) is 83.8 Å². The van der Waals surface area contributed by atoms with Gasteiger partial charge >= 0.3 is 11.9 Å². The first kappa shape index (κ1) is 14.0. The van der Waals surface area contributed by atoms with Crippen LogP contribution in [-0.2, 0) is 14.3 Å². The Morgan fingerprint density at radius 3 is 2.59 bits per heavy atom. The molecule has 0 saturated heterocycles. The lowest BCUT2D eigenvalue weighted by Gasteiger charge is -2.32. The van der Waals surface area contributed by atoms with Crippen molar-refractivity contribution in [3.63, 3.8) is 0 Å². The third-order valence-corrected chi connectivity index (χ3v) is 3.06. The van der Waals surface area contributed by atoms with Crippen molar-refractivity contribution in [3.05, 3.63) is 0 Å². The zero-order chi connectivity index (χ0) is 12.8. The number of aliphatic hydroxyl groups is 1. The first-order chi connectivity index (χ1) is 8.02. The van der Waals surface area contributed by atoms with Crippen molar-refractivity contribution in [1.29, 1.82) is 0 Å². The molecule has 1 aliphatic rings. The molecule has 0 radical (unpaired) electrons. The summed E-state index contributed by atoms with van der Waals surface area (Å²) in [6, 6.07) is 0. The monoisotopic (exact) mass is 244 g/mol. The van der Waals surface area contributed by atoms with Crippen molar-refractivity contribution in [3.8, 4) is 0 Å². The number of hydrogen-bond donors (Lipinski definition) is 2. The highest BCUT2D eigenvalue weighted by molar-refractivity contribution is 5.69. The van der Waals surface area contributed by atoms with Crippen molar-refractivity contribution in [2.45, 2.75) is 57.7 Å². The minimum absolute atomic E-state index is 0.0105. The van der Waals surface area contributed by atoms with Gasteiger partial charge in [0.1, 0.15) is 6.10 Å². The molecule has 1 rings (SSSR count). The Kier molecular flexibility index (Phi) is 5.41. The fraction of sp³-hybridized carbons (Fsp3) is 0.833. The molecule has 0 aliphatic heterocycles. The zero-order valence-electron chi connectivity index (χ0n) is 10.1. The van der Waals surface area contributed by atoms with Gasteiger partial charge in [0, 0.05) is 12.8 Å². The van der Waals surface area contributed by atoms with Crippen LogP contribution in [0.2, 0.25) is 0 Å². The molecular weight excluding hydrogens is 224 g/mol. The Morgan fingerprint density at radius 2 is 2.06 bits per heavy atom. The fourth-order valence-electron chi connectivity index (χ4n) is 2.21. The third-order valence-electron chi connectivity index (χ3n) is 3.06. The fourth-order valence-corrected chi connectivity index (χ4v) is 2.21. The minimum Gasteiger partial charge on any atom is -0.481 e. The van der Waals surface area contributed by atoms with Gasteiger partial charge in [-0.1, -0.05) is 6.92 Å². The minimum atomic E-state index is -0.844. The van der Waals surface area contributed by atoms with Crippen LogP contribution in [0.5, 0.6) is 0 Å². The van der Waals surface area contributed by atoms with Gasteiger partial charge in [-0.05, 0) is 31.6 Å². The molecule has 3 atom stereocenters. The smallest absolute Gasteiger partial charge is 0.306 e. The maximum atomic E-state index is 11.3. The van der Waals surface area contributed by atoms with E-state index in [1.54, 1.807) is 0 Å². The van der Waals surface area contributed by atoms with Crippen LogP contribution in [-0.4, -0.2) is 34.4 Å². The average molecular weight is 244 g/mol. The Labute approximate surface area is 101 Å². The van der Waals surface area contributed by atoms with Gasteiger partial charge in [-0.3, -0.25) is 9.59 Å². The number of aliphatic hydroxyl groups excluding tert-OH is 1. The number of carbonyl (C=O) groups excluding carboxylic acids is 1. The molecule has 5 heteroatoms. The van der Waals surface area contributed by atoms with E-state index in [2.05, 4.69) is 0 Å². The van der Waals surface area contributed by atoms with E-state index in [0.717, 1.165) is 6.42 Å². The third kappa shape index (κ3) is 4.73. The number of aliphatic carboxylic acids is 1. The first-order valence-electron chi connectivity index (χ1n) is 6.12. The summed E-state index contributed by atoms with van der Waals surface area (Å²) in [5.41, 5.74) is 0. The summed E-state index contributed by atoms with van der Waals surface area (Å²) < 4.78 is 5.16. The molecule has 2 N–H and O–H groups in total. The van der Waals surface area contributed by atoms with E-state index >= 15 is 0 Å². The summed E-state index contributed by atoms with van der Waals surface area (Å²) in [5, 5.41) is 18.5. The van der Waals surface area contributed by atoms with Gasteiger partial charge in [-0.15, -0.1) is 0 Å². The van der Waals surface area contributed by atoms with Crippen LogP contribution in [0.15, 0.2) is 0 Å². The standard InChI is InChI=1S/C12H20O5/c1-2-3-12(16)17-10-5-4-8(6-9(10)13)7-11(14)15/h8-10,13H,2-7H2,1H3,(H,14,15). The molecule has 3 unspecified atom stereocenters. The Hall–Kier alpha value is -1.10. The zero-order valence-corrected chi connectivity index (χ0v) is 10.1. The lowest BCUT2D eigenvalue weighted by atomic mass is 9.83. The molecule has 0 aromatic carbocycles. The molecule has 0 bridgehead atoms. The summed E-state index contributed by atoms with van der Waals surface area (Å²) in [6.07, 6.45) is 1.61. The van der Waals surface area contributed by atoms with Crippen molar-refractivity contribution in [2.24, 2.45) is 5.92 Å². The van der Waals surface area contributed by atoms with Gasteiger partial charge in [0.2, 0.25) is 0 Å². The quantitative estimate of drug-likeness (QED) is 0.713. The number of carboxylic acids is 1. The maximum absolute atomic E-state index is 11.3. The molecule has 1 aliphatic carbocycles. The molecular formula is C12H20O5. The van der Waals surface area contributed by atoms with Crippen LogP contribution in [0.3, 0.4) is 0 Å². The predicted molar refractivity (Wildman–Crippen MR) is 60.4 cm³/mol. The molecule has 5 nitrogen and oxygen atoms in total. The normalized spacial score (nSPS) is 28.7. The molecule has 17 heavy (non-hydrogen) atoms. The maximum Gasteiger partial charge on any atom is 0.306 e. The molecule has 1 saturated carbocycles. The highest BCUT2D eigenvalue weighted by atomic mass is 16.6. The van der Waals surface area contributed by atoms with Gasteiger partial charge < -0.3 is 14.9 Å². The molecule has 0 spiro atoms. The van der Waals surface area contributed by atoms with Crippen LogP contribution < -0.4 is 0 Å². The largest absolute Gasteiger partial charge is 0.481 e. The molecule has 0 amide bonds. The number of rotatable bonds is 5. The second kappa shape index (κ2) is 6.59. The van der Waals surface area contributed by atoms with Crippen LogP contribution in [0, 0.1) is 5.92 Å². The van der Waals surface area contributed by atoms with Crippen LogP contribution in [0.4, 0.5) is 0 Å². The number of carboxylic acid groups (broad SMARTS) is 1. The van der Waals surface area contributed by atoms with Crippen LogP contribution in [0.1, 0.15) is 45.4 Å². The van der Waals surface area contributed by atoms with E-state index in [-0.39, 0.29) is 18.3 Å². The molecule has 98 valence electrons. The highest BCUT2D eigenvalue weighted by Crippen LogP contribution is 2.29. The summed E-state index contributed by atoms with van der Waals surface area (Å²) >= 11 is 0. The summed E-state index contributed by atoms with van der Waals surface area (Å²) in [5.74, 6) is -1.14. The summed E-state index contributed by atoms with van der Waals surface area (Å²) in [7, 11) is 0. The van der Waals surface area contributed by atoms with Gasteiger partial charge in [0.25, 0.3) is 0 Å². The summed E-state index contributed by atoms with van der Waals surface area (Å²) in [4.78, 5) is 21.8. The second-order valence-corrected chi connectivity index (χ2v) is 4.62. The van der Waals surface area contributed by atoms with E-state index in [0.29, 0.717) is 25.7 Å². The number of esters is 1. The SMILES string of the molecule is CCCC(=O)OC1CCC(CC(=O)O)CC1O. The van der Waals surface area contributed by atoms with E-state index < -0.39 is 18.2 Å². The van der Waals surface area contributed by atoms with Crippen LogP contribution >= 0.6 is 0 Å². The first-order valence-corrected chi connectivity index (χ1v) is 6.12. The highest BCUT2D eigenvalue weighted by Gasteiger charge is 2.32. The van der Waals surface area contributed by atoms with E-state index in [1.807, 2.05) is 6.92 Å². The molecule has 0 heterocycles. The lowest BCUT2D eigenvalue weighted by molar-refractivity contribution is -0.159. The predicted octanol–water partition coefficient (Wildman–Crippen LogP) is 1.33. The molecule has 1 fully saturated rings. The van der Waals surface area contributed by atoms with Gasteiger partial charge in [-0.25, -0.2) is 0 Å². The number of hydrogen-bond acceptors (Lipinski definition) is 4. The van der Waals surface area contributed by atoms with Gasteiger partial charge in [0.05, 0.1) is 6.10 Å². The number of ether oxygens (including phenoxy) is 1. The lowest BCUT2D eigenvalue weighted by Crippen LogP contribution is -2.37. The van der Waals surface area contributed by atoms with Gasteiger partial charge in [0.15, 0.2) is 0 Å². The van der Waals surface area contributed by atoms with Crippen molar-refractivity contribution in [1.82, 2.24) is 0 Å². The van der Waals surface area contributed by atoms with Crippen molar-refractivity contribution >= 4 is 11.9 Å². The number of carbonyl (C=O) groups is 2. The van der Waals surface area contributed by atoms with E-state index in [4.69, 9.17) is 9.84 Å². The Morgan fingerprint density at radius 1 is 1.35 bits per heavy atom. The van der Waals surface area contributed by atoms with Crippen LogP contribution in [0.25, 0.3) is 0 Å². The summed E-state index contributed by atoms with van der Waals surface area (Å²) in [6.45, 7) is 1.89.